The molecule has 0 aromatic rings. The fourth-order valence-corrected chi connectivity index (χ4v) is 1.45. The van der Waals surface area contributed by atoms with Gasteiger partial charge in [0.15, 0.2) is 0 Å². The van der Waals surface area contributed by atoms with Crippen molar-refractivity contribution in [3.8, 4) is 0 Å². The lowest BCUT2D eigenvalue weighted by Gasteiger charge is -2.25. The summed E-state index contributed by atoms with van der Waals surface area (Å²) in [4.78, 5) is 11.4. The quantitative estimate of drug-likeness (QED) is 0.444. The van der Waals surface area contributed by atoms with Crippen LogP contribution in [0.3, 0.4) is 0 Å². The Labute approximate surface area is 122 Å². The van der Waals surface area contributed by atoms with Crippen LogP contribution in [0.5, 0.6) is 0 Å². The van der Waals surface area contributed by atoms with Crippen LogP contribution in [0.25, 0.3) is 0 Å². The average molecular weight is 290 g/mol. The molecule has 1 amide bonds. The van der Waals surface area contributed by atoms with Crippen LogP contribution in [0.15, 0.2) is 0 Å². The van der Waals surface area contributed by atoms with Crippen LogP contribution < -0.4 is 10.6 Å². The van der Waals surface area contributed by atoms with E-state index in [4.69, 9.17) is 9.47 Å². The number of ether oxygens (including phenoxy) is 2. The molecule has 0 aromatic heterocycles. The molecule has 0 aliphatic rings. The van der Waals surface area contributed by atoms with Crippen molar-refractivity contribution < 1.29 is 19.4 Å². The Hall–Kier alpha value is -0.850. The minimum Gasteiger partial charge on any atom is -0.444 e. The average Bonchev–Trinajstić information content (AvgIpc) is 2.26. The minimum absolute atomic E-state index is 0.416. The topological polar surface area (TPSA) is 79.8 Å². The van der Waals surface area contributed by atoms with Gasteiger partial charge in [0, 0.05) is 19.6 Å². The monoisotopic (exact) mass is 290 g/mol. The summed E-state index contributed by atoms with van der Waals surface area (Å²) < 4.78 is 10.3. The van der Waals surface area contributed by atoms with E-state index in [1.54, 1.807) is 6.92 Å². The normalized spacial score (nSPS) is 14.7. The Morgan fingerprint density at radius 2 is 1.85 bits per heavy atom. The van der Waals surface area contributed by atoms with Crippen molar-refractivity contribution in [1.29, 1.82) is 0 Å². The number of nitrogens with one attached hydrogen (secondary N) is 2. The minimum atomic E-state index is -0.943. The summed E-state index contributed by atoms with van der Waals surface area (Å²) >= 11 is 0. The van der Waals surface area contributed by atoms with Crippen LogP contribution in [-0.4, -0.2) is 48.8 Å². The highest BCUT2D eigenvalue weighted by Crippen LogP contribution is 2.06. The van der Waals surface area contributed by atoms with Crippen LogP contribution in [0.2, 0.25) is 0 Å². The first-order chi connectivity index (χ1) is 9.16. The van der Waals surface area contributed by atoms with Crippen LogP contribution in [-0.2, 0) is 9.47 Å². The summed E-state index contributed by atoms with van der Waals surface area (Å²) in [6.07, 6.45) is 0.824. The number of carbonyl (C=O) groups is 1. The van der Waals surface area contributed by atoms with E-state index in [1.807, 2.05) is 27.7 Å². The predicted octanol–water partition coefficient (Wildman–Crippen LogP) is 1.63. The van der Waals surface area contributed by atoms with Crippen molar-refractivity contribution in [3.05, 3.63) is 0 Å². The van der Waals surface area contributed by atoms with Gasteiger partial charge in [-0.1, -0.05) is 0 Å². The van der Waals surface area contributed by atoms with Crippen LogP contribution in [0.1, 0.15) is 47.5 Å². The molecule has 0 saturated heterocycles. The summed E-state index contributed by atoms with van der Waals surface area (Å²) in [5.41, 5.74) is -1.42. The van der Waals surface area contributed by atoms with E-state index >= 15 is 0 Å². The van der Waals surface area contributed by atoms with Gasteiger partial charge in [0.1, 0.15) is 11.3 Å². The smallest absolute Gasteiger partial charge is 0.407 e. The number of amides is 1. The summed E-state index contributed by atoms with van der Waals surface area (Å²) in [5, 5.41) is 15.7. The molecule has 1 unspecified atom stereocenters. The molecule has 0 radical (unpaired) electrons. The number of aliphatic hydroxyl groups is 1. The molecule has 0 heterocycles. The van der Waals surface area contributed by atoms with E-state index in [0.717, 1.165) is 0 Å². The molecule has 0 spiro atoms. The molecular weight excluding hydrogens is 260 g/mol. The van der Waals surface area contributed by atoms with Gasteiger partial charge in [-0.05, 0) is 47.6 Å². The highest BCUT2D eigenvalue weighted by molar-refractivity contribution is 5.67. The zero-order valence-corrected chi connectivity index (χ0v) is 13.4. The lowest BCUT2D eigenvalue weighted by atomic mass is 10.2. The Morgan fingerprint density at radius 3 is 2.40 bits per heavy atom. The number of hydrogen-bond donors (Lipinski definition) is 3. The van der Waals surface area contributed by atoms with E-state index in [9.17, 15) is 9.90 Å². The standard InChI is InChI=1S/C14H30N2O4/c1-6-19-11-8-14(5,18)16-10-7-9-15-12(17)20-13(2,3)4/h16,18H,6-11H2,1-5H3,(H,15,17). The molecule has 0 rings (SSSR count). The molecule has 0 fully saturated rings. The lowest BCUT2D eigenvalue weighted by molar-refractivity contribution is -0.0105. The van der Waals surface area contributed by atoms with Gasteiger partial charge in [0.25, 0.3) is 0 Å². The zero-order valence-electron chi connectivity index (χ0n) is 13.4. The van der Waals surface area contributed by atoms with E-state index < -0.39 is 17.4 Å². The molecular formula is C14H30N2O4. The second kappa shape index (κ2) is 9.15. The van der Waals surface area contributed by atoms with E-state index in [2.05, 4.69) is 10.6 Å². The first-order valence-corrected chi connectivity index (χ1v) is 7.18. The molecule has 0 saturated carbocycles. The number of hydrogen-bond acceptors (Lipinski definition) is 5. The number of alkyl carbamates (subject to hydrolysis) is 1. The molecule has 0 aromatic carbocycles. The van der Waals surface area contributed by atoms with Crippen molar-refractivity contribution in [2.75, 3.05) is 26.3 Å². The van der Waals surface area contributed by atoms with Gasteiger partial charge >= 0.3 is 6.09 Å². The third-order valence-corrected chi connectivity index (χ3v) is 2.46. The maximum absolute atomic E-state index is 11.4. The van der Waals surface area contributed by atoms with Crippen molar-refractivity contribution >= 4 is 6.09 Å². The molecule has 0 aliphatic carbocycles. The maximum atomic E-state index is 11.4. The first-order valence-electron chi connectivity index (χ1n) is 7.18. The molecule has 0 bridgehead atoms. The van der Waals surface area contributed by atoms with E-state index in [-0.39, 0.29) is 0 Å². The first kappa shape index (κ1) is 19.1. The Balaban J connectivity index is 3.63. The van der Waals surface area contributed by atoms with E-state index in [1.165, 1.54) is 0 Å². The molecule has 6 nitrogen and oxygen atoms in total. The van der Waals surface area contributed by atoms with Crippen LogP contribution in [0, 0.1) is 0 Å². The summed E-state index contributed by atoms with van der Waals surface area (Å²) in [7, 11) is 0. The summed E-state index contributed by atoms with van der Waals surface area (Å²) in [6.45, 7) is 11.4. The number of carbonyl (C=O) groups excluding carboxylic acids is 1. The van der Waals surface area contributed by atoms with Crippen molar-refractivity contribution in [2.24, 2.45) is 0 Å². The van der Waals surface area contributed by atoms with Gasteiger partial charge in [0.05, 0.1) is 6.61 Å². The van der Waals surface area contributed by atoms with Crippen molar-refractivity contribution in [3.63, 3.8) is 0 Å². The highest BCUT2D eigenvalue weighted by atomic mass is 16.6. The van der Waals surface area contributed by atoms with Crippen LogP contribution >= 0.6 is 0 Å². The Bertz CT molecular complexity index is 275. The molecule has 3 N–H and O–H groups in total. The van der Waals surface area contributed by atoms with Gasteiger partial charge in [-0.25, -0.2) is 4.79 Å². The van der Waals surface area contributed by atoms with Gasteiger partial charge in [-0.15, -0.1) is 0 Å². The molecule has 120 valence electrons. The van der Waals surface area contributed by atoms with Crippen molar-refractivity contribution in [1.82, 2.24) is 10.6 Å². The summed E-state index contributed by atoms with van der Waals surface area (Å²) in [6, 6.07) is 0. The number of rotatable bonds is 9. The molecule has 0 aliphatic heterocycles. The van der Waals surface area contributed by atoms with Gasteiger partial charge in [-0.3, -0.25) is 5.32 Å². The third-order valence-electron chi connectivity index (χ3n) is 2.46. The van der Waals surface area contributed by atoms with Gasteiger partial charge in [-0.2, -0.15) is 0 Å². The van der Waals surface area contributed by atoms with Gasteiger partial charge < -0.3 is 19.9 Å². The third kappa shape index (κ3) is 12.2. The van der Waals surface area contributed by atoms with Crippen LogP contribution in [0.4, 0.5) is 4.79 Å². The molecule has 1 atom stereocenters. The largest absolute Gasteiger partial charge is 0.444 e. The van der Waals surface area contributed by atoms with Crippen molar-refractivity contribution in [2.45, 2.75) is 58.8 Å². The second-order valence-corrected chi connectivity index (χ2v) is 5.93. The molecule has 6 heteroatoms. The summed E-state index contributed by atoms with van der Waals surface area (Å²) in [5.74, 6) is 0. The zero-order chi connectivity index (χ0) is 15.6. The fraction of sp³-hybridized carbons (Fsp3) is 0.929. The fourth-order valence-electron chi connectivity index (χ4n) is 1.45. The maximum Gasteiger partial charge on any atom is 0.407 e. The Kier molecular flexibility index (Phi) is 8.76. The van der Waals surface area contributed by atoms with Gasteiger partial charge in [0.2, 0.25) is 0 Å². The van der Waals surface area contributed by atoms with E-state index in [0.29, 0.717) is 39.1 Å². The lowest BCUT2D eigenvalue weighted by Crippen LogP contribution is -2.44. The second-order valence-electron chi connectivity index (χ2n) is 5.93. The SMILES string of the molecule is CCOCCC(C)(O)NCCCNC(=O)OC(C)(C)C. The predicted molar refractivity (Wildman–Crippen MR) is 78.6 cm³/mol. The molecule has 20 heavy (non-hydrogen) atoms. The Morgan fingerprint density at radius 1 is 1.20 bits per heavy atom. The highest BCUT2D eigenvalue weighted by Gasteiger charge is 2.18.